The largest absolute Gasteiger partial charge is 0.633 e. The topological polar surface area (TPSA) is 72.8 Å². The third-order valence-electron chi connectivity index (χ3n) is 4.69. The van der Waals surface area contributed by atoms with E-state index in [1.807, 2.05) is 0 Å². The molecule has 0 spiro atoms. The van der Waals surface area contributed by atoms with Crippen molar-refractivity contribution in [2.24, 2.45) is 5.92 Å². The molecule has 0 saturated carbocycles. The summed E-state index contributed by atoms with van der Waals surface area (Å²) >= 11 is 0. The summed E-state index contributed by atoms with van der Waals surface area (Å²) < 4.78 is 5.07. The lowest BCUT2D eigenvalue weighted by atomic mass is 10.0. The van der Waals surface area contributed by atoms with Crippen molar-refractivity contribution in [2.75, 3.05) is 46.1 Å². The Labute approximate surface area is 155 Å². The van der Waals surface area contributed by atoms with E-state index in [1.165, 1.54) is 51.4 Å². The molecule has 0 heterocycles. The Morgan fingerprint density at radius 2 is 1.20 bits per heavy atom. The van der Waals surface area contributed by atoms with Crippen LogP contribution in [-0.4, -0.2) is 60.9 Å². The minimum absolute atomic E-state index is 0.137. The molecule has 25 heavy (non-hydrogen) atoms. The molecule has 0 radical (unpaired) electrons. The first-order valence-corrected chi connectivity index (χ1v) is 10.4. The van der Waals surface area contributed by atoms with Crippen LogP contribution in [0.4, 0.5) is 0 Å². The van der Waals surface area contributed by atoms with Crippen LogP contribution in [0, 0.1) is 11.1 Å². The highest BCUT2D eigenvalue weighted by molar-refractivity contribution is 4.50. The van der Waals surface area contributed by atoms with E-state index in [0.717, 1.165) is 18.9 Å². The van der Waals surface area contributed by atoms with Crippen molar-refractivity contribution in [1.29, 1.82) is 0 Å². The Bertz CT molecular complexity index is 268. The van der Waals surface area contributed by atoms with Gasteiger partial charge in [-0.25, -0.2) is 0 Å². The van der Waals surface area contributed by atoms with Crippen LogP contribution in [0.2, 0.25) is 0 Å². The van der Waals surface area contributed by atoms with Gasteiger partial charge in [-0.3, -0.25) is 0 Å². The Morgan fingerprint density at radius 1 is 0.720 bits per heavy atom. The van der Waals surface area contributed by atoms with Crippen molar-refractivity contribution in [3.8, 4) is 0 Å². The second-order valence-corrected chi connectivity index (χ2v) is 7.65. The molecule has 0 aromatic carbocycles. The Hall–Kier alpha value is -0.200. The maximum atomic E-state index is 12.2. The van der Waals surface area contributed by atoms with Crippen molar-refractivity contribution in [3.05, 3.63) is 5.21 Å². The fraction of sp³-hybridized carbons (Fsp3) is 1.00. The Morgan fingerprint density at radius 3 is 1.72 bits per heavy atom. The van der Waals surface area contributed by atoms with Gasteiger partial charge in [0.2, 0.25) is 0 Å². The second kappa shape index (κ2) is 17.2. The number of ether oxygens (including phenoxy) is 1. The van der Waals surface area contributed by atoms with Crippen LogP contribution in [0.5, 0.6) is 0 Å². The summed E-state index contributed by atoms with van der Waals surface area (Å²) in [7, 11) is 0. The molecular formula is C20H43NO4. The molecule has 5 nitrogen and oxygen atoms in total. The van der Waals surface area contributed by atoms with Crippen molar-refractivity contribution >= 4 is 0 Å². The number of hydrogen-bond donors (Lipinski definition) is 2. The maximum Gasteiger partial charge on any atom is 0.102 e. The van der Waals surface area contributed by atoms with Gasteiger partial charge in [0.1, 0.15) is 13.1 Å². The van der Waals surface area contributed by atoms with Gasteiger partial charge in [-0.05, 0) is 12.3 Å². The average molecular weight is 362 g/mol. The lowest BCUT2D eigenvalue weighted by Gasteiger charge is -2.41. The van der Waals surface area contributed by atoms with Gasteiger partial charge >= 0.3 is 0 Å². The smallest absolute Gasteiger partial charge is 0.102 e. The average Bonchev–Trinajstić information content (AvgIpc) is 2.55. The van der Waals surface area contributed by atoms with E-state index < -0.39 is 4.65 Å². The maximum absolute atomic E-state index is 12.2. The Kier molecular flexibility index (Phi) is 17.1. The molecular weight excluding hydrogens is 318 g/mol. The molecule has 0 aliphatic heterocycles. The molecule has 5 heteroatoms. The molecule has 0 atom stereocenters. The molecule has 2 N–H and O–H groups in total. The van der Waals surface area contributed by atoms with Gasteiger partial charge in [0, 0.05) is 13.0 Å². The monoisotopic (exact) mass is 361 g/mol. The molecule has 0 unspecified atom stereocenters. The molecule has 0 rings (SSSR count). The number of quaternary nitrogens is 1. The quantitative estimate of drug-likeness (QED) is 0.208. The zero-order valence-corrected chi connectivity index (χ0v) is 16.8. The zero-order valence-electron chi connectivity index (χ0n) is 16.8. The minimum Gasteiger partial charge on any atom is -0.633 e. The fourth-order valence-electron chi connectivity index (χ4n) is 3.07. The lowest BCUT2D eigenvalue weighted by Crippen LogP contribution is -2.47. The van der Waals surface area contributed by atoms with Crippen LogP contribution in [0.25, 0.3) is 0 Å². The van der Waals surface area contributed by atoms with E-state index in [0.29, 0.717) is 19.6 Å². The van der Waals surface area contributed by atoms with Gasteiger partial charge in [-0.15, -0.1) is 0 Å². The highest BCUT2D eigenvalue weighted by atomic mass is 16.5. The summed E-state index contributed by atoms with van der Waals surface area (Å²) in [6, 6.07) is 0. The first-order chi connectivity index (χ1) is 12.0. The number of aliphatic hydroxyl groups is 2. The second-order valence-electron chi connectivity index (χ2n) is 7.65. The summed E-state index contributed by atoms with van der Waals surface area (Å²) in [5.74, 6) is 0.841. The van der Waals surface area contributed by atoms with E-state index in [4.69, 9.17) is 14.9 Å². The molecule has 0 aliphatic rings. The van der Waals surface area contributed by atoms with Crippen LogP contribution in [-0.2, 0) is 4.74 Å². The summed E-state index contributed by atoms with van der Waals surface area (Å²) in [6.45, 7) is 6.38. The van der Waals surface area contributed by atoms with Crippen LogP contribution < -0.4 is 0 Å². The van der Waals surface area contributed by atoms with Gasteiger partial charge in [0.15, 0.2) is 0 Å². The summed E-state index contributed by atoms with van der Waals surface area (Å²) in [6.07, 6.45) is 12.5. The van der Waals surface area contributed by atoms with Gasteiger partial charge < -0.3 is 24.8 Å². The molecule has 0 aromatic rings. The van der Waals surface area contributed by atoms with Gasteiger partial charge in [-0.2, -0.15) is 0 Å². The third kappa shape index (κ3) is 17.0. The molecule has 152 valence electrons. The molecule has 0 amide bonds. The zero-order chi connectivity index (χ0) is 18.8. The molecule has 0 fully saturated rings. The number of unbranched alkanes of at least 4 members (excludes halogenated alkanes) is 7. The van der Waals surface area contributed by atoms with Crippen LogP contribution >= 0.6 is 0 Å². The number of hydrogen-bond acceptors (Lipinski definition) is 4. The first kappa shape index (κ1) is 24.8. The normalized spacial score (nSPS) is 12.2. The van der Waals surface area contributed by atoms with E-state index in [9.17, 15) is 5.21 Å². The van der Waals surface area contributed by atoms with Crippen molar-refractivity contribution < 1.29 is 19.6 Å². The predicted molar refractivity (Wildman–Crippen MR) is 104 cm³/mol. The summed E-state index contributed by atoms with van der Waals surface area (Å²) in [4.78, 5) is 0. The van der Waals surface area contributed by atoms with Gasteiger partial charge in [-0.1, -0.05) is 65.2 Å². The first-order valence-electron chi connectivity index (χ1n) is 10.4. The van der Waals surface area contributed by atoms with E-state index in [-0.39, 0.29) is 26.3 Å². The van der Waals surface area contributed by atoms with E-state index in [2.05, 4.69) is 13.8 Å². The lowest BCUT2D eigenvalue weighted by molar-refractivity contribution is -0.881. The molecule has 0 aromatic heterocycles. The standard InChI is InChI=1S/C20H43NO4/c1-20(2)12-9-7-5-3-4-6-8-10-18-25-19-11-13-21(24,14-16-22)15-17-23/h20,22-23H,3-19H2,1-2H3. The third-order valence-corrected chi connectivity index (χ3v) is 4.69. The SMILES string of the molecule is CC(C)CCCCCCCCCCOCCC[N+]([O-])(CCO)CCO. The summed E-state index contributed by atoms with van der Waals surface area (Å²) in [5.41, 5.74) is 0. The molecule has 0 saturated heterocycles. The van der Waals surface area contributed by atoms with Crippen molar-refractivity contribution in [2.45, 2.75) is 78.1 Å². The summed E-state index contributed by atoms with van der Waals surface area (Å²) in [5, 5.41) is 30.0. The fourth-order valence-corrected chi connectivity index (χ4v) is 3.07. The number of aliphatic hydroxyl groups excluding tert-OH is 2. The van der Waals surface area contributed by atoms with Gasteiger partial charge in [0.05, 0.1) is 26.4 Å². The van der Waals surface area contributed by atoms with E-state index in [1.54, 1.807) is 0 Å². The van der Waals surface area contributed by atoms with E-state index >= 15 is 0 Å². The van der Waals surface area contributed by atoms with Crippen LogP contribution in [0.15, 0.2) is 0 Å². The highest BCUT2D eigenvalue weighted by Crippen LogP contribution is 2.12. The van der Waals surface area contributed by atoms with Crippen LogP contribution in [0.1, 0.15) is 78.1 Å². The predicted octanol–water partition coefficient (Wildman–Crippen LogP) is 3.86. The number of hydroxylamine groups is 3. The molecule has 0 bridgehead atoms. The number of nitrogens with zero attached hydrogens (tertiary/aromatic N) is 1. The highest BCUT2D eigenvalue weighted by Gasteiger charge is 2.14. The number of rotatable bonds is 19. The van der Waals surface area contributed by atoms with Crippen molar-refractivity contribution in [1.82, 2.24) is 0 Å². The van der Waals surface area contributed by atoms with Crippen LogP contribution in [0.3, 0.4) is 0 Å². The van der Waals surface area contributed by atoms with Gasteiger partial charge in [0.25, 0.3) is 0 Å². The minimum atomic E-state index is -0.520. The molecule has 0 aliphatic carbocycles. The Balaban J connectivity index is 3.30. The van der Waals surface area contributed by atoms with Crippen molar-refractivity contribution in [3.63, 3.8) is 0 Å².